The number of nitrogens with one attached hydrogen (secondary N) is 1. The summed E-state index contributed by atoms with van der Waals surface area (Å²) in [4.78, 5) is 23.0. The first-order valence-electron chi connectivity index (χ1n) is 5.37. The van der Waals surface area contributed by atoms with Gasteiger partial charge in [0.1, 0.15) is 0 Å². The fourth-order valence-electron chi connectivity index (χ4n) is 1.65. The number of rotatable bonds is 1. The number of benzene rings is 1. The molecule has 0 aromatic heterocycles. The Hall–Kier alpha value is -2.04. The summed E-state index contributed by atoms with van der Waals surface area (Å²) in [6, 6.07) is 3.15. The van der Waals surface area contributed by atoms with E-state index in [1.807, 2.05) is 0 Å². The number of nitrogens with two attached hydrogens (primary N) is 1. The third-order valence-corrected chi connectivity index (χ3v) is 2.71. The standard InChI is InChI=1S/C12H14N2O3/c1-6-5-17-11-9(13)3-8(7(2)15)4-10(11)14-12(6)16/h3-4,6H,5,13H2,1-2H3,(H,14,16). The van der Waals surface area contributed by atoms with Gasteiger partial charge in [0.25, 0.3) is 0 Å². The Balaban J connectivity index is 2.50. The number of anilines is 2. The lowest BCUT2D eigenvalue weighted by Gasteiger charge is -2.11. The molecule has 2 rings (SSSR count). The van der Waals surface area contributed by atoms with Gasteiger partial charge in [0, 0.05) is 5.56 Å². The van der Waals surface area contributed by atoms with Crippen LogP contribution >= 0.6 is 0 Å². The van der Waals surface area contributed by atoms with Crippen molar-refractivity contribution in [2.45, 2.75) is 13.8 Å². The molecule has 1 amide bonds. The SMILES string of the molecule is CC(=O)c1cc(N)c2c(c1)NC(=O)C(C)CO2. The molecule has 0 aliphatic carbocycles. The van der Waals surface area contributed by atoms with Gasteiger partial charge in [-0.3, -0.25) is 9.59 Å². The zero-order chi connectivity index (χ0) is 12.6. The van der Waals surface area contributed by atoms with Crippen molar-refractivity contribution < 1.29 is 14.3 Å². The van der Waals surface area contributed by atoms with E-state index in [4.69, 9.17) is 10.5 Å². The van der Waals surface area contributed by atoms with E-state index in [0.29, 0.717) is 22.7 Å². The van der Waals surface area contributed by atoms with Crippen LogP contribution in [0.4, 0.5) is 11.4 Å². The molecule has 1 atom stereocenters. The third kappa shape index (κ3) is 2.08. The lowest BCUT2D eigenvalue weighted by molar-refractivity contribution is -0.119. The summed E-state index contributed by atoms with van der Waals surface area (Å²) < 4.78 is 5.48. The molecule has 0 bridgehead atoms. The number of nitrogen functional groups attached to an aromatic ring is 1. The van der Waals surface area contributed by atoms with Gasteiger partial charge in [-0.15, -0.1) is 0 Å². The molecule has 1 aromatic rings. The van der Waals surface area contributed by atoms with Gasteiger partial charge >= 0.3 is 0 Å². The molecule has 3 N–H and O–H groups in total. The van der Waals surface area contributed by atoms with E-state index >= 15 is 0 Å². The van der Waals surface area contributed by atoms with Gasteiger partial charge in [0.15, 0.2) is 11.5 Å². The van der Waals surface area contributed by atoms with E-state index in [9.17, 15) is 9.59 Å². The Bertz CT molecular complexity index is 497. The smallest absolute Gasteiger partial charge is 0.230 e. The average molecular weight is 234 g/mol. The molecule has 17 heavy (non-hydrogen) atoms. The van der Waals surface area contributed by atoms with Crippen LogP contribution < -0.4 is 15.8 Å². The summed E-state index contributed by atoms with van der Waals surface area (Å²) in [5, 5.41) is 2.71. The summed E-state index contributed by atoms with van der Waals surface area (Å²) >= 11 is 0. The van der Waals surface area contributed by atoms with Crippen molar-refractivity contribution in [3.63, 3.8) is 0 Å². The van der Waals surface area contributed by atoms with Crippen molar-refractivity contribution in [1.29, 1.82) is 0 Å². The second kappa shape index (κ2) is 4.08. The lowest BCUT2D eigenvalue weighted by atomic mass is 10.1. The molecule has 1 aliphatic rings. The molecule has 0 radical (unpaired) electrons. The molecule has 0 fully saturated rings. The predicted molar refractivity (Wildman–Crippen MR) is 64.1 cm³/mol. The normalized spacial score (nSPS) is 18.7. The maximum absolute atomic E-state index is 11.7. The third-order valence-electron chi connectivity index (χ3n) is 2.71. The minimum absolute atomic E-state index is 0.106. The second-order valence-corrected chi connectivity index (χ2v) is 4.20. The van der Waals surface area contributed by atoms with E-state index < -0.39 is 0 Å². The van der Waals surface area contributed by atoms with Gasteiger partial charge in [0.2, 0.25) is 5.91 Å². The van der Waals surface area contributed by atoms with Crippen LogP contribution in [-0.2, 0) is 4.79 Å². The number of hydrogen-bond acceptors (Lipinski definition) is 4. The van der Waals surface area contributed by atoms with Crippen molar-refractivity contribution >= 4 is 23.1 Å². The Morgan fingerprint density at radius 3 is 2.88 bits per heavy atom. The van der Waals surface area contributed by atoms with Crippen molar-refractivity contribution in [3.8, 4) is 5.75 Å². The van der Waals surface area contributed by atoms with Crippen LogP contribution in [0.2, 0.25) is 0 Å². The van der Waals surface area contributed by atoms with E-state index in [1.54, 1.807) is 19.1 Å². The molecule has 5 heteroatoms. The quantitative estimate of drug-likeness (QED) is 0.569. The Labute approximate surface area is 98.9 Å². The van der Waals surface area contributed by atoms with Gasteiger partial charge < -0.3 is 15.8 Å². The van der Waals surface area contributed by atoms with Gasteiger partial charge in [-0.2, -0.15) is 0 Å². The number of fused-ring (bicyclic) bond motifs is 1. The van der Waals surface area contributed by atoms with Crippen LogP contribution in [0.3, 0.4) is 0 Å². The molecule has 1 heterocycles. The summed E-state index contributed by atoms with van der Waals surface area (Å²) in [5.74, 6) is -0.0508. The zero-order valence-electron chi connectivity index (χ0n) is 9.74. The summed E-state index contributed by atoms with van der Waals surface area (Å²) in [7, 11) is 0. The monoisotopic (exact) mass is 234 g/mol. The lowest BCUT2D eigenvalue weighted by Crippen LogP contribution is -2.22. The Morgan fingerprint density at radius 2 is 2.24 bits per heavy atom. The van der Waals surface area contributed by atoms with Crippen molar-refractivity contribution in [1.82, 2.24) is 0 Å². The number of amides is 1. The maximum atomic E-state index is 11.7. The topological polar surface area (TPSA) is 81.4 Å². The Morgan fingerprint density at radius 1 is 1.53 bits per heavy atom. The number of carbonyl (C=O) groups excluding carboxylic acids is 2. The molecule has 1 unspecified atom stereocenters. The van der Waals surface area contributed by atoms with Crippen LogP contribution in [0, 0.1) is 5.92 Å². The van der Waals surface area contributed by atoms with Crippen LogP contribution in [0.25, 0.3) is 0 Å². The second-order valence-electron chi connectivity index (χ2n) is 4.20. The fourth-order valence-corrected chi connectivity index (χ4v) is 1.65. The first-order valence-corrected chi connectivity index (χ1v) is 5.37. The van der Waals surface area contributed by atoms with Crippen molar-refractivity contribution in [3.05, 3.63) is 17.7 Å². The van der Waals surface area contributed by atoms with Gasteiger partial charge in [0.05, 0.1) is 23.9 Å². The molecular weight excluding hydrogens is 220 g/mol. The molecule has 0 saturated heterocycles. The fraction of sp³-hybridized carbons (Fsp3) is 0.333. The van der Waals surface area contributed by atoms with Crippen molar-refractivity contribution in [2.75, 3.05) is 17.7 Å². The molecule has 0 spiro atoms. The summed E-state index contributed by atoms with van der Waals surface area (Å²) in [6.07, 6.45) is 0. The molecule has 1 aromatic carbocycles. The molecule has 1 aliphatic heterocycles. The summed E-state index contributed by atoms with van der Waals surface area (Å²) in [6.45, 7) is 3.49. The number of carbonyl (C=O) groups is 2. The number of ether oxygens (including phenoxy) is 1. The van der Waals surface area contributed by atoms with Crippen LogP contribution in [0.1, 0.15) is 24.2 Å². The van der Waals surface area contributed by atoms with E-state index in [1.165, 1.54) is 6.92 Å². The largest absolute Gasteiger partial charge is 0.488 e. The van der Waals surface area contributed by atoms with E-state index in [2.05, 4.69) is 5.32 Å². The average Bonchev–Trinajstić information content (AvgIpc) is 2.39. The van der Waals surface area contributed by atoms with Crippen LogP contribution in [-0.4, -0.2) is 18.3 Å². The summed E-state index contributed by atoms with van der Waals surface area (Å²) in [5.41, 5.74) is 7.10. The highest BCUT2D eigenvalue weighted by Crippen LogP contribution is 2.35. The number of hydrogen-bond donors (Lipinski definition) is 2. The number of Topliss-reactive ketones (excluding diaryl/α,β-unsaturated/α-hetero) is 1. The highest BCUT2D eigenvalue weighted by atomic mass is 16.5. The first kappa shape index (κ1) is 11.4. The van der Waals surface area contributed by atoms with Gasteiger partial charge in [-0.1, -0.05) is 6.92 Å². The molecule has 5 nitrogen and oxygen atoms in total. The minimum atomic E-state index is -0.248. The number of ketones is 1. The molecule has 90 valence electrons. The predicted octanol–water partition coefficient (Wildman–Crippen LogP) is 1.44. The molecule has 0 saturated carbocycles. The van der Waals surface area contributed by atoms with Crippen LogP contribution in [0.15, 0.2) is 12.1 Å². The van der Waals surface area contributed by atoms with E-state index in [-0.39, 0.29) is 24.2 Å². The molecular formula is C12H14N2O3. The van der Waals surface area contributed by atoms with Crippen LogP contribution in [0.5, 0.6) is 5.75 Å². The minimum Gasteiger partial charge on any atom is -0.488 e. The Kier molecular flexibility index (Phi) is 2.75. The first-order chi connectivity index (χ1) is 7.99. The van der Waals surface area contributed by atoms with E-state index in [0.717, 1.165) is 0 Å². The maximum Gasteiger partial charge on any atom is 0.230 e. The van der Waals surface area contributed by atoms with Gasteiger partial charge in [-0.25, -0.2) is 0 Å². The van der Waals surface area contributed by atoms with Crippen molar-refractivity contribution in [2.24, 2.45) is 5.92 Å². The highest BCUT2D eigenvalue weighted by Gasteiger charge is 2.23. The highest BCUT2D eigenvalue weighted by molar-refractivity contribution is 6.01. The van der Waals surface area contributed by atoms with Gasteiger partial charge in [-0.05, 0) is 19.1 Å². The zero-order valence-corrected chi connectivity index (χ0v) is 9.74.